The van der Waals surface area contributed by atoms with Gasteiger partial charge in [0.1, 0.15) is 16.1 Å². The maximum Gasteiger partial charge on any atom is 0.269 e. The molecule has 10 heteroatoms. The van der Waals surface area contributed by atoms with E-state index < -0.39 is 5.82 Å². The van der Waals surface area contributed by atoms with Crippen molar-refractivity contribution in [3.8, 4) is 0 Å². The molecule has 1 aliphatic heterocycles. The van der Waals surface area contributed by atoms with Crippen molar-refractivity contribution in [3.63, 3.8) is 0 Å². The summed E-state index contributed by atoms with van der Waals surface area (Å²) in [6, 6.07) is 3.27. The maximum absolute atomic E-state index is 14.4. The van der Waals surface area contributed by atoms with E-state index in [2.05, 4.69) is 30.1 Å². The number of aryl methyl sites for hydroxylation is 1. The highest BCUT2D eigenvalue weighted by Crippen LogP contribution is 2.24. The SMILES string of the molecule is CNC(=O)c1cnc(N2CCN(Cc3cc(F)c4nc(C)c(=O)[nH]c4c3)CC2)s1. The van der Waals surface area contributed by atoms with Crippen molar-refractivity contribution >= 4 is 33.4 Å². The number of fused-ring (bicyclic) bond motifs is 1. The molecule has 2 N–H and O–H groups in total. The number of aromatic amines is 1. The van der Waals surface area contributed by atoms with Crippen molar-refractivity contribution in [3.05, 3.63) is 50.6 Å². The number of rotatable bonds is 4. The zero-order valence-corrected chi connectivity index (χ0v) is 17.0. The highest BCUT2D eigenvalue weighted by Gasteiger charge is 2.21. The van der Waals surface area contributed by atoms with E-state index in [1.165, 1.54) is 17.4 Å². The summed E-state index contributed by atoms with van der Waals surface area (Å²) < 4.78 is 14.4. The minimum atomic E-state index is -0.431. The van der Waals surface area contributed by atoms with Gasteiger partial charge in [-0.05, 0) is 24.6 Å². The van der Waals surface area contributed by atoms with Gasteiger partial charge in [0, 0.05) is 39.8 Å². The van der Waals surface area contributed by atoms with Gasteiger partial charge in [0.15, 0.2) is 10.9 Å². The van der Waals surface area contributed by atoms with Crippen LogP contribution in [0.3, 0.4) is 0 Å². The number of aromatic nitrogens is 3. The molecule has 0 aliphatic carbocycles. The van der Waals surface area contributed by atoms with Crippen LogP contribution in [0.4, 0.5) is 9.52 Å². The van der Waals surface area contributed by atoms with Crippen LogP contribution in [-0.4, -0.2) is 59.0 Å². The minimum Gasteiger partial charge on any atom is -0.354 e. The second-order valence-corrected chi connectivity index (χ2v) is 7.98. The third-order valence-electron chi connectivity index (χ3n) is 4.97. The number of benzene rings is 1. The highest BCUT2D eigenvalue weighted by molar-refractivity contribution is 7.17. The van der Waals surface area contributed by atoms with E-state index >= 15 is 0 Å². The normalized spacial score (nSPS) is 15.1. The Kier molecular flexibility index (Phi) is 5.29. The van der Waals surface area contributed by atoms with Crippen LogP contribution in [0.1, 0.15) is 20.9 Å². The topological polar surface area (TPSA) is 94.2 Å². The van der Waals surface area contributed by atoms with E-state index in [1.807, 2.05) is 0 Å². The summed E-state index contributed by atoms with van der Waals surface area (Å²) in [5.74, 6) is -0.562. The van der Waals surface area contributed by atoms with Gasteiger partial charge in [-0.15, -0.1) is 0 Å². The molecule has 0 saturated carbocycles. The number of amides is 1. The van der Waals surface area contributed by atoms with Gasteiger partial charge in [0.05, 0.1) is 11.7 Å². The van der Waals surface area contributed by atoms with Gasteiger partial charge in [-0.2, -0.15) is 0 Å². The van der Waals surface area contributed by atoms with Crippen LogP contribution < -0.4 is 15.8 Å². The molecule has 0 radical (unpaired) electrons. The predicted octanol–water partition coefficient (Wildman–Crippen LogP) is 1.51. The summed E-state index contributed by atoms with van der Waals surface area (Å²) in [6.07, 6.45) is 1.60. The largest absolute Gasteiger partial charge is 0.354 e. The lowest BCUT2D eigenvalue weighted by atomic mass is 10.1. The lowest BCUT2D eigenvalue weighted by Crippen LogP contribution is -2.45. The number of nitrogens with one attached hydrogen (secondary N) is 2. The molecule has 1 amide bonds. The maximum atomic E-state index is 14.4. The summed E-state index contributed by atoms with van der Waals surface area (Å²) in [5.41, 5.74) is 1.34. The number of anilines is 1. The quantitative estimate of drug-likeness (QED) is 0.670. The molecule has 0 unspecified atom stereocenters. The molecule has 1 aliphatic rings. The lowest BCUT2D eigenvalue weighted by molar-refractivity contribution is 0.0967. The van der Waals surface area contributed by atoms with E-state index in [9.17, 15) is 14.0 Å². The lowest BCUT2D eigenvalue weighted by Gasteiger charge is -2.34. The van der Waals surface area contributed by atoms with E-state index in [0.29, 0.717) is 16.9 Å². The summed E-state index contributed by atoms with van der Waals surface area (Å²) in [5, 5.41) is 3.44. The number of thiazole rings is 1. The van der Waals surface area contributed by atoms with Crippen LogP contribution in [-0.2, 0) is 6.54 Å². The molecule has 0 bridgehead atoms. The van der Waals surface area contributed by atoms with E-state index in [0.717, 1.165) is 36.9 Å². The first-order valence-corrected chi connectivity index (χ1v) is 10.1. The van der Waals surface area contributed by atoms with Crippen molar-refractivity contribution in [2.75, 3.05) is 38.1 Å². The molecular weight excluding hydrogens is 395 g/mol. The van der Waals surface area contributed by atoms with Gasteiger partial charge >= 0.3 is 0 Å². The van der Waals surface area contributed by atoms with Gasteiger partial charge < -0.3 is 15.2 Å². The fourth-order valence-electron chi connectivity index (χ4n) is 3.38. The molecule has 0 spiro atoms. The number of carbonyl (C=O) groups is 1. The Balaban J connectivity index is 1.43. The summed E-state index contributed by atoms with van der Waals surface area (Å²) in [6.45, 7) is 5.26. The highest BCUT2D eigenvalue weighted by atomic mass is 32.1. The van der Waals surface area contributed by atoms with Crippen LogP contribution in [0.25, 0.3) is 11.0 Å². The van der Waals surface area contributed by atoms with Crippen molar-refractivity contribution in [2.45, 2.75) is 13.5 Å². The van der Waals surface area contributed by atoms with Crippen LogP contribution in [0, 0.1) is 12.7 Å². The number of hydrogen-bond acceptors (Lipinski definition) is 7. The number of hydrogen-bond donors (Lipinski definition) is 2. The molecule has 1 saturated heterocycles. The molecule has 2 aromatic heterocycles. The molecular formula is C19H21FN6O2S. The molecule has 1 fully saturated rings. The van der Waals surface area contributed by atoms with E-state index in [4.69, 9.17) is 0 Å². The Hall–Kier alpha value is -2.85. The molecule has 3 heterocycles. The van der Waals surface area contributed by atoms with Crippen LogP contribution in [0.15, 0.2) is 23.1 Å². The van der Waals surface area contributed by atoms with Crippen LogP contribution >= 0.6 is 11.3 Å². The van der Waals surface area contributed by atoms with E-state index in [1.54, 1.807) is 26.2 Å². The molecule has 3 aromatic rings. The number of H-pyrrole nitrogens is 1. The van der Waals surface area contributed by atoms with E-state index in [-0.39, 0.29) is 22.7 Å². The third-order valence-corrected chi connectivity index (χ3v) is 6.03. The fraction of sp³-hybridized carbons (Fsp3) is 0.368. The van der Waals surface area contributed by atoms with Crippen LogP contribution in [0.5, 0.6) is 0 Å². The Labute approximate surface area is 170 Å². The molecule has 1 aromatic carbocycles. The second kappa shape index (κ2) is 7.88. The van der Waals surface area contributed by atoms with Crippen molar-refractivity contribution < 1.29 is 9.18 Å². The van der Waals surface area contributed by atoms with Gasteiger partial charge in [0.25, 0.3) is 11.5 Å². The molecule has 0 atom stereocenters. The number of carbonyl (C=O) groups excluding carboxylic acids is 1. The van der Waals surface area contributed by atoms with Gasteiger partial charge in [0.2, 0.25) is 0 Å². The third kappa shape index (κ3) is 3.99. The predicted molar refractivity (Wildman–Crippen MR) is 110 cm³/mol. The average molecular weight is 416 g/mol. The van der Waals surface area contributed by atoms with Gasteiger partial charge in [-0.25, -0.2) is 14.4 Å². The minimum absolute atomic E-state index is 0.131. The Morgan fingerprint density at radius 2 is 2.07 bits per heavy atom. The van der Waals surface area contributed by atoms with Gasteiger partial charge in [-0.3, -0.25) is 14.5 Å². The fourth-order valence-corrected chi connectivity index (χ4v) is 4.30. The zero-order chi connectivity index (χ0) is 20.5. The molecule has 29 heavy (non-hydrogen) atoms. The average Bonchev–Trinajstić information content (AvgIpc) is 3.20. The summed E-state index contributed by atoms with van der Waals surface area (Å²) in [7, 11) is 1.60. The smallest absolute Gasteiger partial charge is 0.269 e. The standard InChI is InChI=1S/C19H21FN6O2S/c1-11-17(27)24-14-8-12(7-13(20)16(14)23-11)10-25-3-5-26(6-4-25)19-22-9-15(29-19)18(28)21-2/h7-9H,3-6,10H2,1-2H3,(H,21,28)(H,24,27). The van der Waals surface area contributed by atoms with Gasteiger partial charge in [-0.1, -0.05) is 11.3 Å². The Bertz CT molecular complexity index is 1120. The summed E-state index contributed by atoms with van der Waals surface area (Å²) in [4.78, 5) is 39.6. The summed E-state index contributed by atoms with van der Waals surface area (Å²) >= 11 is 1.38. The number of nitrogens with zero attached hydrogens (tertiary/aromatic N) is 4. The molecule has 4 rings (SSSR count). The first kappa shape index (κ1) is 19.5. The number of piperazine rings is 1. The Morgan fingerprint density at radius 3 is 2.79 bits per heavy atom. The first-order chi connectivity index (χ1) is 13.9. The Morgan fingerprint density at radius 1 is 1.31 bits per heavy atom. The van der Waals surface area contributed by atoms with Crippen LogP contribution in [0.2, 0.25) is 0 Å². The van der Waals surface area contributed by atoms with Crippen molar-refractivity contribution in [2.24, 2.45) is 0 Å². The monoisotopic (exact) mass is 416 g/mol. The van der Waals surface area contributed by atoms with Crippen molar-refractivity contribution in [1.82, 2.24) is 25.2 Å². The second-order valence-electron chi connectivity index (χ2n) is 6.97. The molecule has 8 nitrogen and oxygen atoms in total. The number of halogens is 1. The van der Waals surface area contributed by atoms with Crippen molar-refractivity contribution in [1.29, 1.82) is 0 Å². The molecule has 152 valence electrons. The first-order valence-electron chi connectivity index (χ1n) is 9.29. The zero-order valence-electron chi connectivity index (χ0n) is 16.2.